The van der Waals surface area contributed by atoms with Crippen molar-refractivity contribution in [3.8, 4) is 11.3 Å². The molecule has 15 heavy (non-hydrogen) atoms. The minimum Gasteiger partial charge on any atom is -0.398 e. The molecule has 3 nitrogen and oxygen atoms in total. The zero-order valence-corrected chi connectivity index (χ0v) is 9.56. The fourth-order valence-electron chi connectivity index (χ4n) is 1.37. The van der Waals surface area contributed by atoms with Crippen molar-refractivity contribution in [1.29, 1.82) is 0 Å². The zero-order valence-electron chi connectivity index (χ0n) is 8.74. The summed E-state index contributed by atoms with van der Waals surface area (Å²) in [5.74, 6) is 0. The molecule has 1 aromatic carbocycles. The van der Waals surface area contributed by atoms with Crippen LogP contribution in [0.4, 0.5) is 5.69 Å². The number of hydrogen-bond donors (Lipinski definition) is 2. The molecule has 2 rings (SSSR count). The Morgan fingerprint density at radius 2 is 1.93 bits per heavy atom. The maximum absolute atomic E-state index is 5.83. The second-order valence-corrected chi connectivity index (χ2v) is 3.51. The number of hydrogen-bond acceptors (Lipinski definition) is 2. The summed E-state index contributed by atoms with van der Waals surface area (Å²) in [7, 11) is 0. The highest BCUT2D eigenvalue weighted by Crippen LogP contribution is 2.22. The number of benzene rings is 1. The summed E-state index contributed by atoms with van der Waals surface area (Å²) in [5, 5.41) is 7.09. The monoisotopic (exact) mass is 223 g/mol. The van der Waals surface area contributed by atoms with Crippen molar-refractivity contribution in [1.82, 2.24) is 10.2 Å². The molecule has 80 valence electrons. The van der Waals surface area contributed by atoms with Gasteiger partial charge in [-0.15, -0.1) is 12.4 Å². The van der Waals surface area contributed by atoms with Crippen LogP contribution < -0.4 is 5.73 Å². The summed E-state index contributed by atoms with van der Waals surface area (Å²) in [6.45, 7) is 3.98. The van der Waals surface area contributed by atoms with Crippen molar-refractivity contribution in [3.63, 3.8) is 0 Å². The zero-order chi connectivity index (χ0) is 10.1. The van der Waals surface area contributed by atoms with Gasteiger partial charge in [-0.25, -0.2) is 0 Å². The number of aromatic amines is 1. The van der Waals surface area contributed by atoms with Gasteiger partial charge in [0.1, 0.15) is 0 Å². The molecule has 0 atom stereocenters. The molecule has 1 aromatic heterocycles. The third-order valence-corrected chi connectivity index (χ3v) is 2.28. The first kappa shape index (κ1) is 11.6. The first-order valence-corrected chi connectivity index (χ1v) is 4.55. The fraction of sp³-hybridized carbons (Fsp3) is 0.182. The van der Waals surface area contributed by atoms with Gasteiger partial charge in [0, 0.05) is 16.9 Å². The van der Waals surface area contributed by atoms with E-state index < -0.39 is 0 Å². The van der Waals surface area contributed by atoms with E-state index >= 15 is 0 Å². The minimum atomic E-state index is 0. The van der Waals surface area contributed by atoms with Crippen LogP contribution in [0.5, 0.6) is 0 Å². The van der Waals surface area contributed by atoms with E-state index in [0.29, 0.717) is 0 Å². The third kappa shape index (κ3) is 2.30. The van der Waals surface area contributed by atoms with Gasteiger partial charge in [-0.2, -0.15) is 5.10 Å². The van der Waals surface area contributed by atoms with Crippen molar-refractivity contribution >= 4 is 18.1 Å². The number of anilines is 1. The average molecular weight is 224 g/mol. The molecule has 0 aliphatic carbocycles. The van der Waals surface area contributed by atoms with Crippen LogP contribution in [0.25, 0.3) is 11.3 Å². The molecule has 0 bridgehead atoms. The summed E-state index contributed by atoms with van der Waals surface area (Å²) in [6.07, 6.45) is 0. The van der Waals surface area contributed by atoms with E-state index in [4.69, 9.17) is 5.73 Å². The van der Waals surface area contributed by atoms with E-state index in [2.05, 4.69) is 10.2 Å². The molecular formula is C11H14ClN3. The van der Waals surface area contributed by atoms with Gasteiger partial charge in [0.15, 0.2) is 0 Å². The van der Waals surface area contributed by atoms with Crippen molar-refractivity contribution in [3.05, 3.63) is 35.5 Å². The van der Waals surface area contributed by atoms with Crippen molar-refractivity contribution < 1.29 is 0 Å². The van der Waals surface area contributed by atoms with Gasteiger partial charge in [0.2, 0.25) is 0 Å². The van der Waals surface area contributed by atoms with Gasteiger partial charge in [-0.1, -0.05) is 12.1 Å². The predicted octanol–water partition coefficient (Wildman–Crippen LogP) is 2.70. The van der Waals surface area contributed by atoms with Gasteiger partial charge >= 0.3 is 0 Å². The largest absolute Gasteiger partial charge is 0.398 e. The number of aryl methyl sites for hydroxylation is 2. The van der Waals surface area contributed by atoms with Crippen LogP contribution in [0.3, 0.4) is 0 Å². The van der Waals surface area contributed by atoms with Crippen molar-refractivity contribution in [2.75, 3.05) is 5.73 Å². The molecule has 0 saturated carbocycles. The molecule has 0 amide bonds. The molecule has 0 unspecified atom stereocenters. The van der Waals surface area contributed by atoms with Crippen LogP contribution in [0.1, 0.15) is 11.3 Å². The highest BCUT2D eigenvalue weighted by molar-refractivity contribution is 5.85. The van der Waals surface area contributed by atoms with E-state index in [1.54, 1.807) is 0 Å². The number of halogens is 1. The lowest BCUT2D eigenvalue weighted by atomic mass is 10.1. The number of nitrogen functional groups attached to an aromatic ring is 1. The van der Waals surface area contributed by atoms with Crippen molar-refractivity contribution in [2.45, 2.75) is 13.8 Å². The predicted molar refractivity (Wildman–Crippen MR) is 65.2 cm³/mol. The van der Waals surface area contributed by atoms with Crippen LogP contribution in [0.2, 0.25) is 0 Å². The minimum absolute atomic E-state index is 0. The normalized spacial score (nSPS) is 9.73. The topological polar surface area (TPSA) is 54.7 Å². The summed E-state index contributed by atoms with van der Waals surface area (Å²) in [5.41, 5.74) is 10.8. The highest BCUT2D eigenvalue weighted by atomic mass is 35.5. The molecule has 0 fully saturated rings. The van der Waals surface area contributed by atoms with Crippen LogP contribution in [0, 0.1) is 13.8 Å². The molecule has 2 aromatic rings. The maximum atomic E-state index is 5.83. The van der Waals surface area contributed by atoms with Gasteiger partial charge in [0.25, 0.3) is 0 Å². The Morgan fingerprint density at radius 3 is 2.47 bits per heavy atom. The Labute approximate surface area is 95.1 Å². The molecule has 0 radical (unpaired) electrons. The third-order valence-electron chi connectivity index (χ3n) is 2.28. The van der Waals surface area contributed by atoms with E-state index in [1.165, 1.54) is 0 Å². The van der Waals surface area contributed by atoms with Crippen LogP contribution in [0.15, 0.2) is 24.3 Å². The summed E-state index contributed by atoms with van der Waals surface area (Å²) < 4.78 is 0. The van der Waals surface area contributed by atoms with Crippen molar-refractivity contribution in [2.24, 2.45) is 0 Å². The Hall–Kier alpha value is -1.48. The molecule has 0 spiro atoms. The molecule has 0 saturated heterocycles. The molecular weight excluding hydrogens is 210 g/mol. The lowest BCUT2D eigenvalue weighted by Crippen LogP contribution is -1.89. The first-order chi connectivity index (χ1) is 6.66. The summed E-state index contributed by atoms with van der Waals surface area (Å²) in [6, 6.07) is 7.99. The molecule has 1 heterocycles. The quantitative estimate of drug-likeness (QED) is 0.731. The molecule has 4 heteroatoms. The number of nitrogens with zero attached hydrogens (tertiary/aromatic N) is 1. The lowest BCUT2D eigenvalue weighted by Gasteiger charge is -2.01. The number of nitrogens with two attached hydrogens (primary N) is 1. The highest BCUT2D eigenvalue weighted by Gasteiger charge is 2.02. The average Bonchev–Trinajstić information content (AvgIpc) is 2.57. The second-order valence-electron chi connectivity index (χ2n) is 3.51. The number of nitrogens with one attached hydrogen (secondary N) is 1. The van der Waals surface area contributed by atoms with E-state index in [1.807, 2.05) is 38.1 Å². The van der Waals surface area contributed by atoms with Gasteiger partial charge in [-0.3, -0.25) is 5.10 Å². The number of aromatic nitrogens is 2. The first-order valence-electron chi connectivity index (χ1n) is 4.55. The fourth-order valence-corrected chi connectivity index (χ4v) is 1.37. The van der Waals surface area contributed by atoms with Gasteiger partial charge < -0.3 is 5.73 Å². The Balaban J connectivity index is 0.00000112. The number of rotatable bonds is 1. The van der Waals surface area contributed by atoms with E-state index in [9.17, 15) is 0 Å². The SMILES string of the molecule is Cc1cc(-c2ccc(C)c(N)c2)n[nH]1.Cl. The maximum Gasteiger partial charge on any atom is 0.0924 e. The van der Waals surface area contributed by atoms with Crippen LogP contribution >= 0.6 is 12.4 Å². The molecule has 0 aliphatic heterocycles. The van der Waals surface area contributed by atoms with E-state index in [0.717, 1.165) is 28.2 Å². The molecule has 3 N–H and O–H groups in total. The molecule has 0 aliphatic rings. The Morgan fingerprint density at radius 1 is 1.20 bits per heavy atom. The van der Waals surface area contributed by atoms with Gasteiger partial charge in [-0.05, 0) is 31.5 Å². The van der Waals surface area contributed by atoms with Crippen LogP contribution in [-0.4, -0.2) is 10.2 Å². The van der Waals surface area contributed by atoms with Crippen LogP contribution in [-0.2, 0) is 0 Å². The standard InChI is InChI=1S/C11H13N3.ClH/c1-7-3-4-9(6-10(7)12)11-5-8(2)13-14-11;/h3-6H,12H2,1-2H3,(H,13,14);1H. The lowest BCUT2D eigenvalue weighted by molar-refractivity contribution is 1.05. The summed E-state index contributed by atoms with van der Waals surface area (Å²) in [4.78, 5) is 0. The Kier molecular flexibility index (Phi) is 3.37. The van der Waals surface area contributed by atoms with E-state index in [-0.39, 0.29) is 12.4 Å². The number of H-pyrrole nitrogens is 1. The van der Waals surface area contributed by atoms with Gasteiger partial charge in [0.05, 0.1) is 5.69 Å². The smallest absolute Gasteiger partial charge is 0.0924 e. The second kappa shape index (κ2) is 4.36. The Bertz CT molecular complexity index is 463. The summed E-state index contributed by atoms with van der Waals surface area (Å²) >= 11 is 0.